The Morgan fingerprint density at radius 3 is 2.50 bits per heavy atom. The minimum absolute atomic E-state index is 0.119. The lowest BCUT2D eigenvalue weighted by atomic mass is 9.96. The number of amides is 1. The number of nitrogens with zero attached hydrogens (tertiary/aromatic N) is 3. The molecule has 0 radical (unpaired) electrons. The number of methoxy groups -OCH3 is 1. The first-order chi connectivity index (χ1) is 15.4. The van der Waals surface area contributed by atoms with Crippen molar-refractivity contribution in [2.24, 2.45) is 4.99 Å². The molecule has 0 spiro atoms. The molecule has 7 nitrogen and oxygen atoms in total. The number of hydrogen-bond donors (Lipinski definition) is 1. The van der Waals surface area contributed by atoms with Gasteiger partial charge < -0.3 is 9.84 Å². The third kappa shape index (κ3) is 3.89. The molecule has 0 saturated heterocycles. The van der Waals surface area contributed by atoms with E-state index in [0.29, 0.717) is 12.0 Å². The maximum atomic E-state index is 12.4. The van der Waals surface area contributed by atoms with Crippen molar-refractivity contribution in [3.05, 3.63) is 83.3 Å². The van der Waals surface area contributed by atoms with Gasteiger partial charge in [-0.1, -0.05) is 49.4 Å². The number of carboxylic acids is 1. The largest absolute Gasteiger partial charge is 0.478 e. The zero-order chi connectivity index (χ0) is 22.8. The van der Waals surface area contributed by atoms with E-state index in [9.17, 15) is 14.7 Å². The summed E-state index contributed by atoms with van der Waals surface area (Å²) in [4.78, 5) is 28.8. The minimum Gasteiger partial charge on any atom is -0.478 e. The van der Waals surface area contributed by atoms with E-state index < -0.39 is 12.1 Å². The highest BCUT2D eigenvalue weighted by Gasteiger charge is 2.39. The van der Waals surface area contributed by atoms with Crippen LogP contribution in [0.15, 0.2) is 77.2 Å². The van der Waals surface area contributed by atoms with E-state index in [0.717, 1.165) is 34.7 Å². The molecule has 2 aromatic rings. The number of hydrazine groups is 1. The SMILES string of the molecule is CCC1=NC2=CC(C)=CN(C(=O)OC)N2C1Cc1ccc(-c2ccccc2C(=O)O)cc1. The van der Waals surface area contributed by atoms with Gasteiger partial charge in [0.15, 0.2) is 0 Å². The average Bonchev–Trinajstić information content (AvgIpc) is 3.15. The molecular weight excluding hydrogens is 406 g/mol. The van der Waals surface area contributed by atoms with Gasteiger partial charge in [-0.3, -0.25) is 0 Å². The van der Waals surface area contributed by atoms with Crippen molar-refractivity contribution in [3.63, 3.8) is 0 Å². The fourth-order valence-corrected chi connectivity index (χ4v) is 4.15. The van der Waals surface area contributed by atoms with Crippen molar-refractivity contribution in [1.82, 2.24) is 10.0 Å². The van der Waals surface area contributed by atoms with Gasteiger partial charge in [0.2, 0.25) is 0 Å². The Bertz CT molecular complexity index is 1150. The highest BCUT2D eigenvalue weighted by atomic mass is 16.5. The molecule has 0 bridgehead atoms. The molecule has 0 fully saturated rings. The summed E-state index contributed by atoms with van der Waals surface area (Å²) in [6.45, 7) is 3.97. The lowest BCUT2D eigenvalue weighted by Crippen LogP contribution is -2.49. The predicted octanol–water partition coefficient (Wildman–Crippen LogP) is 4.87. The van der Waals surface area contributed by atoms with E-state index in [1.807, 2.05) is 54.4 Å². The zero-order valence-corrected chi connectivity index (χ0v) is 18.3. The predicted molar refractivity (Wildman–Crippen MR) is 122 cm³/mol. The fourth-order valence-electron chi connectivity index (χ4n) is 4.15. The highest BCUT2D eigenvalue weighted by molar-refractivity contribution is 5.96. The van der Waals surface area contributed by atoms with Crippen LogP contribution in [0.25, 0.3) is 11.1 Å². The Labute approximate surface area is 186 Å². The van der Waals surface area contributed by atoms with Gasteiger partial charge in [0.05, 0.1) is 18.7 Å². The van der Waals surface area contributed by atoms with Crippen LogP contribution < -0.4 is 0 Å². The summed E-state index contributed by atoms with van der Waals surface area (Å²) in [5, 5.41) is 12.8. The number of aromatic carboxylic acids is 1. The van der Waals surface area contributed by atoms with Crippen molar-refractivity contribution in [2.75, 3.05) is 7.11 Å². The maximum Gasteiger partial charge on any atom is 0.432 e. The molecule has 2 aromatic carbocycles. The summed E-state index contributed by atoms with van der Waals surface area (Å²) < 4.78 is 4.98. The van der Waals surface area contributed by atoms with Gasteiger partial charge in [-0.25, -0.2) is 19.6 Å². The monoisotopic (exact) mass is 431 g/mol. The quantitative estimate of drug-likeness (QED) is 0.730. The first kappa shape index (κ1) is 21.4. The van der Waals surface area contributed by atoms with Crippen LogP contribution in [0.5, 0.6) is 0 Å². The van der Waals surface area contributed by atoms with Gasteiger partial charge in [-0.05, 0) is 47.8 Å². The van der Waals surface area contributed by atoms with Gasteiger partial charge >= 0.3 is 12.1 Å². The lowest BCUT2D eigenvalue weighted by molar-refractivity contribution is 0.0337. The third-order valence-electron chi connectivity index (χ3n) is 5.66. The second-order valence-corrected chi connectivity index (χ2v) is 7.76. The molecular formula is C25H25N3O4. The van der Waals surface area contributed by atoms with Gasteiger partial charge in [0.1, 0.15) is 5.82 Å². The van der Waals surface area contributed by atoms with Crippen LogP contribution in [0.1, 0.15) is 36.2 Å². The van der Waals surface area contributed by atoms with Crippen LogP contribution in [0.3, 0.4) is 0 Å². The molecule has 164 valence electrons. The molecule has 0 saturated carbocycles. The summed E-state index contributed by atoms with van der Waals surface area (Å²) in [5.74, 6) is -0.223. The normalized spacial score (nSPS) is 17.3. The molecule has 4 rings (SSSR count). The highest BCUT2D eigenvalue weighted by Crippen LogP contribution is 2.33. The number of fused-ring (bicyclic) bond motifs is 1. The summed E-state index contributed by atoms with van der Waals surface area (Å²) >= 11 is 0. The second-order valence-electron chi connectivity index (χ2n) is 7.76. The van der Waals surface area contributed by atoms with Crippen LogP contribution in [-0.2, 0) is 11.2 Å². The molecule has 32 heavy (non-hydrogen) atoms. The van der Waals surface area contributed by atoms with E-state index in [2.05, 4.69) is 6.92 Å². The Morgan fingerprint density at radius 2 is 1.84 bits per heavy atom. The Balaban J connectivity index is 1.62. The lowest BCUT2D eigenvalue weighted by Gasteiger charge is -2.37. The standard InChI is InChI=1S/C25H25N3O4/c1-4-21-22(28-23(26-21)13-16(2)15-27(28)25(31)32-3)14-17-9-11-18(12-10-17)19-7-5-6-8-20(19)24(29)30/h5-13,15,22H,4,14H2,1-3H3,(H,29,30). The molecule has 1 atom stereocenters. The number of carbonyl (C=O) groups is 2. The first-order valence-corrected chi connectivity index (χ1v) is 10.5. The topological polar surface area (TPSA) is 82.4 Å². The summed E-state index contributed by atoms with van der Waals surface area (Å²) in [5.41, 5.74) is 4.77. The molecule has 2 heterocycles. The van der Waals surface area contributed by atoms with Crippen LogP contribution >= 0.6 is 0 Å². The van der Waals surface area contributed by atoms with E-state index >= 15 is 0 Å². The Morgan fingerprint density at radius 1 is 1.12 bits per heavy atom. The molecule has 1 N–H and O–H groups in total. The minimum atomic E-state index is -0.949. The Kier molecular flexibility index (Phi) is 5.81. The van der Waals surface area contributed by atoms with E-state index in [4.69, 9.17) is 9.73 Å². The van der Waals surface area contributed by atoms with Crippen LogP contribution in [0, 0.1) is 0 Å². The van der Waals surface area contributed by atoms with E-state index in [1.165, 1.54) is 12.1 Å². The molecule has 0 aromatic heterocycles. The first-order valence-electron chi connectivity index (χ1n) is 10.5. The number of carbonyl (C=O) groups excluding carboxylic acids is 1. The van der Waals surface area contributed by atoms with Crippen LogP contribution in [0.4, 0.5) is 4.79 Å². The molecule has 0 aliphatic carbocycles. The van der Waals surface area contributed by atoms with E-state index in [-0.39, 0.29) is 11.6 Å². The van der Waals surface area contributed by atoms with Gasteiger partial charge in [0, 0.05) is 18.3 Å². The van der Waals surface area contributed by atoms with Crippen LogP contribution in [-0.4, -0.2) is 46.1 Å². The van der Waals surface area contributed by atoms with Gasteiger partial charge in [0.25, 0.3) is 0 Å². The van der Waals surface area contributed by atoms with Gasteiger partial charge in [-0.2, -0.15) is 5.01 Å². The molecule has 2 aliphatic rings. The number of benzene rings is 2. The molecule has 2 aliphatic heterocycles. The van der Waals surface area contributed by atoms with Crippen molar-refractivity contribution in [1.29, 1.82) is 0 Å². The number of hydrogen-bond acceptors (Lipinski definition) is 5. The summed E-state index contributed by atoms with van der Waals surface area (Å²) in [6.07, 6.45) is 4.65. The van der Waals surface area contributed by atoms with Crippen LogP contribution in [0.2, 0.25) is 0 Å². The molecule has 7 heteroatoms. The number of aliphatic imine (C=N–C) groups is 1. The summed E-state index contributed by atoms with van der Waals surface area (Å²) in [6, 6.07) is 14.7. The van der Waals surface area contributed by atoms with Crippen molar-refractivity contribution >= 4 is 17.8 Å². The van der Waals surface area contributed by atoms with Crippen molar-refractivity contribution in [2.45, 2.75) is 32.7 Å². The average molecular weight is 431 g/mol. The zero-order valence-electron chi connectivity index (χ0n) is 18.3. The number of carboxylic acid groups (broad SMARTS) is 1. The number of rotatable bonds is 5. The second kappa shape index (κ2) is 8.70. The smallest absolute Gasteiger partial charge is 0.432 e. The maximum absolute atomic E-state index is 12.4. The Hall–Kier alpha value is -3.87. The summed E-state index contributed by atoms with van der Waals surface area (Å²) in [7, 11) is 1.36. The van der Waals surface area contributed by atoms with Gasteiger partial charge in [-0.15, -0.1) is 0 Å². The third-order valence-corrected chi connectivity index (χ3v) is 5.66. The fraction of sp³-hybridized carbons (Fsp3) is 0.240. The van der Waals surface area contributed by atoms with Crippen molar-refractivity contribution in [3.8, 4) is 11.1 Å². The number of allylic oxidation sites excluding steroid dienone is 2. The number of ether oxygens (including phenoxy) is 1. The van der Waals surface area contributed by atoms with Crippen molar-refractivity contribution < 1.29 is 19.4 Å². The molecule has 1 unspecified atom stereocenters. The van der Waals surface area contributed by atoms with E-state index in [1.54, 1.807) is 18.3 Å². The molecule has 1 amide bonds.